The summed E-state index contributed by atoms with van der Waals surface area (Å²) < 4.78 is 2.04. The van der Waals surface area contributed by atoms with Crippen LogP contribution in [0.1, 0.15) is 44.0 Å². The molecule has 3 fully saturated rings. The minimum atomic E-state index is 0.580. The minimum absolute atomic E-state index is 0.580. The van der Waals surface area contributed by atoms with Gasteiger partial charge in [0.1, 0.15) is 0 Å². The van der Waals surface area contributed by atoms with Crippen molar-refractivity contribution in [3.63, 3.8) is 0 Å². The number of fused-ring (bicyclic) bond motifs is 2. The average molecular weight is 248 g/mol. The monoisotopic (exact) mass is 248 g/mol. The van der Waals surface area contributed by atoms with Crippen LogP contribution >= 0.6 is 0 Å². The smallest absolute Gasteiger partial charge is 0.165 e. The van der Waals surface area contributed by atoms with E-state index in [2.05, 4.69) is 25.7 Å². The summed E-state index contributed by atoms with van der Waals surface area (Å²) in [4.78, 5) is 2.52. The van der Waals surface area contributed by atoms with Crippen LogP contribution in [0.3, 0.4) is 0 Å². The van der Waals surface area contributed by atoms with Crippen molar-refractivity contribution >= 4 is 0 Å². The molecule has 98 valence electrons. The van der Waals surface area contributed by atoms with E-state index in [4.69, 9.17) is 0 Å². The number of tetrazole rings is 1. The number of nitrogens with zero attached hydrogens (tertiary/aromatic N) is 5. The highest BCUT2D eigenvalue weighted by molar-refractivity contribution is 4.94. The van der Waals surface area contributed by atoms with Gasteiger partial charge < -0.3 is 5.32 Å². The zero-order chi connectivity index (χ0) is 11.9. The zero-order valence-corrected chi connectivity index (χ0v) is 10.6. The normalized spacial score (nSPS) is 32.7. The molecule has 3 heterocycles. The maximum Gasteiger partial charge on any atom is 0.165 e. The minimum Gasteiger partial charge on any atom is -0.310 e. The lowest BCUT2D eigenvalue weighted by atomic mass is 10.1. The van der Waals surface area contributed by atoms with Crippen LogP contribution in [0.2, 0.25) is 0 Å². The Morgan fingerprint density at radius 1 is 1.11 bits per heavy atom. The van der Waals surface area contributed by atoms with Gasteiger partial charge in [-0.1, -0.05) is 0 Å². The quantitative estimate of drug-likeness (QED) is 0.835. The molecule has 2 atom stereocenters. The first-order valence-corrected chi connectivity index (χ1v) is 7.13. The van der Waals surface area contributed by atoms with Crippen LogP contribution in [-0.4, -0.2) is 50.3 Å². The predicted molar refractivity (Wildman–Crippen MR) is 65.9 cm³/mol. The van der Waals surface area contributed by atoms with Crippen LogP contribution in [0.15, 0.2) is 0 Å². The van der Waals surface area contributed by atoms with Gasteiger partial charge in [0.05, 0.1) is 12.6 Å². The van der Waals surface area contributed by atoms with Crippen molar-refractivity contribution in [1.29, 1.82) is 0 Å². The first-order valence-electron chi connectivity index (χ1n) is 7.13. The Balaban J connectivity index is 1.45. The molecular weight excluding hydrogens is 228 g/mol. The zero-order valence-electron chi connectivity index (χ0n) is 10.6. The number of hydrogen-bond donors (Lipinski definition) is 1. The highest BCUT2D eigenvalue weighted by atomic mass is 15.6. The van der Waals surface area contributed by atoms with Crippen molar-refractivity contribution in [1.82, 2.24) is 30.4 Å². The predicted octanol–water partition coefficient (Wildman–Crippen LogP) is 0.334. The summed E-state index contributed by atoms with van der Waals surface area (Å²) in [6, 6.07) is 2.01. The van der Waals surface area contributed by atoms with Gasteiger partial charge in [-0.05, 0) is 42.5 Å². The maximum atomic E-state index is 4.20. The van der Waals surface area contributed by atoms with Crippen LogP contribution in [0.5, 0.6) is 0 Å². The molecule has 2 aliphatic heterocycles. The Bertz CT molecular complexity index is 426. The van der Waals surface area contributed by atoms with Gasteiger partial charge >= 0.3 is 0 Å². The Morgan fingerprint density at radius 3 is 2.89 bits per heavy atom. The third kappa shape index (κ3) is 2.03. The summed E-state index contributed by atoms with van der Waals surface area (Å²) in [5.74, 6) is 1.05. The fraction of sp³-hybridized carbons (Fsp3) is 0.917. The van der Waals surface area contributed by atoms with Gasteiger partial charge in [0.2, 0.25) is 0 Å². The molecule has 0 spiro atoms. The van der Waals surface area contributed by atoms with E-state index in [1.54, 1.807) is 0 Å². The fourth-order valence-electron chi connectivity index (χ4n) is 3.28. The van der Waals surface area contributed by atoms with E-state index in [0.29, 0.717) is 12.1 Å². The van der Waals surface area contributed by atoms with E-state index in [-0.39, 0.29) is 0 Å². The van der Waals surface area contributed by atoms with Gasteiger partial charge in [-0.2, -0.15) is 0 Å². The van der Waals surface area contributed by atoms with Gasteiger partial charge in [0.15, 0.2) is 5.82 Å². The summed E-state index contributed by atoms with van der Waals surface area (Å²) in [6.07, 6.45) is 6.43. The van der Waals surface area contributed by atoms with E-state index < -0.39 is 0 Å². The summed E-state index contributed by atoms with van der Waals surface area (Å²) in [5.41, 5.74) is 0. The highest BCUT2D eigenvalue weighted by Gasteiger charge is 2.31. The number of aromatic nitrogens is 4. The number of likely N-dealkylation sites (tertiary alicyclic amines) is 1. The lowest BCUT2D eigenvalue weighted by Crippen LogP contribution is -2.35. The summed E-state index contributed by atoms with van der Waals surface area (Å²) in [6.45, 7) is 3.23. The van der Waals surface area contributed by atoms with E-state index in [9.17, 15) is 0 Å². The largest absolute Gasteiger partial charge is 0.310 e. The molecule has 1 aromatic rings. The molecule has 2 saturated heterocycles. The van der Waals surface area contributed by atoms with Gasteiger partial charge in [-0.3, -0.25) is 4.90 Å². The Kier molecular flexibility index (Phi) is 2.58. The van der Waals surface area contributed by atoms with Crippen molar-refractivity contribution in [3.05, 3.63) is 5.82 Å². The van der Waals surface area contributed by atoms with E-state index in [0.717, 1.165) is 25.0 Å². The SMILES string of the molecule is C1CC2CN(Cc3nnnn3C3CC3)CCC1N2. The van der Waals surface area contributed by atoms with Crippen LogP contribution in [0.4, 0.5) is 0 Å². The molecule has 1 aromatic heterocycles. The molecule has 2 bridgehead atoms. The van der Waals surface area contributed by atoms with Gasteiger partial charge in [-0.15, -0.1) is 5.10 Å². The lowest BCUT2D eigenvalue weighted by Gasteiger charge is -2.23. The van der Waals surface area contributed by atoms with Crippen LogP contribution < -0.4 is 5.32 Å². The van der Waals surface area contributed by atoms with Crippen molar-refractivity contribution in [3.8, 4) is 0 Å². The van der Waals surface area contributed by atoms with Gasteiger partial charge in [-0.25, -0.2) is 4.68 Å². The topological polar surface area (TPSA) is 58.9 Å². The van der Waals surface area contributed by atoms with Crippen molar-refractivity contribution in [2.75, 3.05) is 13.1 Å². The van der Waals surface area contributed by atoms with Crippen molar-refractivity contribution in [2.45, 2.75) is 56.8 Å². The Hall–Kier alpha value is -1.01. The Morgan fingerprint density at radius 2 is 2.00 bits per heavy atom. The molecule has 18 heavy (non-hydrogen) atoms. The molecule has 2 unspecified atom stereocenters. The molecular formula is C12H20N6. The second kappa shape index (κ2) is 4.28. The molecule has 1 saturated carbocycles. The third-order valence-corrected chi connectivity index (χ3v) is 4.43. The molecule has 1 aliphatic carbocycles. The second-order valence-corrected chi connectivity index (χ2v) is 5.93. The molecule has 0 aromatic carbocycles. The fourth-order valence-corrected chi connectivity index (χ4v) is 3.28. The average Bonchev–Trinajstić information content (AvgIpc) is 2.99. The molecule has 6 heteroatoms. The number of hydrogen-bond acceptors (Lipinski definition) is 5. The van der Waals surface area contributed by atoms with Gasteiger partial charge in [0, 0.05) is 25.2 Å². The maximum absolute atomic E-state index is 4.20. The van der Waals surface area contributed by atoms with E-state index in [1.165, 1.54) is 38.6 Å². The third-order valence-electron chi connectivity index (χ3n) is 4.43. The molecule has 0 radical (unpaired) electrons. The molecule has 6 nitrogen and oxygen atoms in total. The lowest BCUT2D eigenvalue weighted by molar-refractivity contribution is 0.240. The van der Waals surface area contributed by atoms with E-state index in [1.807, 2.05) is 4.68 Å². The summed E-state index contributed by atoms with van der Waals surface area (Å²) >= 11 is 0. The Labute approximate surface area is 107 Å². The van der Waals surface area contributed by atoms with Crippen LogP contribution in [0.25, 0.3) is 0 Å². The summed E-state index contributed by atoms with van der Waals surface area (Å²) in [5, 5.41) is 15.9. The number of nitrogens with one attached hydrogen (secondary N) is 1. The summed E-state index contributed by atoms with van der Waals surface area (Å²) in [7, 11) is 0. The standard InChI is InChI=1S/C12H20N6/c1-2-10-7-17(6-5-9(1)13-10)8-12-14-15-16-18(12)11-3-4-11/h9-11,13H,1-8H2. The van der Waals surface area contributed by atoms with Gasteiger partial charge in [0.25, 0.3) is 0 Å². The van der Waals surface area contributed by atoms with E-state index >= 15 is 0 Å². The molecule has 4 rings (SSSR count). The molecule has 3 aliphatic rings. The molecule has 1 N–H and O–H groups in total. The highest BCUT2D eigenvalue weighted by Crippen LogP contribution is 2.34. The van der Waals surface area contributed by atoms with Crippen molar-refractivity contribution < 1.29 is 0 Å². The number of rotatable bonds is 3. The molecule has 0 amide bonds. The van der Waals surface area contributed by atoms with Crippen molar-refractivity contribution in [2.24, 2.45) is 0 Å². The van der Waals surface area contributed by atoms with Crippen LogP contribution in [0, 0.1) is 0 Å². The first kappa shape index (κ1) is 10.9. The second-order valence-electron chi connectivity index (χ2n) is 5.93. The van der Waals surface area contributed by atoms with Crippen LogP contribution in [-0.2, 0) is 6.54 Å². The first-order chi connectivity index (χ1) is 8.88.